The minimum absolute atomic E-state index is 0.173. The van der Waals surface area contributed by atoms with Crippen molar-refractivity contribution in [3.8, 4) is 0 Å². The summed E-state index contributed by atoms with van der Waals surface area (Å²) in [6, 6.07) is 3.63. The van der Waals surface area contributed by atoms with E-state index < -0.39 is 0 Å². The first kappa shape index (κ1) is 12.0. The van der Waals surface area contributed by atoms with E-state index in [-0.39, 0.29) is 12.0 Å². The molecule has 0 unspecified atom stereocenters. The third kappa shape index (κ3) is 3.01. The van der Waals surface area contributed by atoms with Gasteiger partial charge in [-0.05, 0) is 18.1 Å². The number of hydrogen-bond donors (Lipinski definition) is 2. The van der Waals surface area contributed by atoms with Crippen LogP contribution in [0.4, 0.5) is 0 Å². The summed E-state index contributed by atoms with van der Waals surface area (Å²) in [5.74, 6) is -0.173. The quantitative estimate of drug-likeness (QED) is 0.774. The number of likely N-dealkylation sites (tertiary alicyclic amines) is 1. The highest BCUT2D eigenvalue weighted by Gasteiger charge is 2.19. The number of aliphatic hydroxyl groups is 1. The number of carbonyl (C=O) groups is 1. The van der Waals surface area contributed by atoms with Crippen LogP contribution in [-0.2, 0) is 6.54 Å². The highest BCUT2D eigenvalue weighted by atomic mass is 16.3. The largest absolute Gasteiger partial charge is 0.392 e. The van der Waals surface area contributed by atoms with Gasteiger partial charge in [-0.3, -0.25) is 14.7 Å². The molecule has 1 aliphatic rings. The summed E-state index contributed by atoms with van der Waals surface area (Å²) in [7, 11) is 1.59. The van der Waals surface area contributed by atoms with Crippen molar-refractivity contribution < 1.29 is 9.90 Å². The molecule has 0 saturated carbocycles. The molecule has 0 spiro atoms. The van der Waals surface area contributed by atoms with Crippen LogP contribution in [0, 0.1) is 0 Å². The second-order valence-corrected chi connectivity index (χ2v) is 4.31. The number of aliphatic hydroxyl groups excluding tert-OH is 1. The molecule has 1 aromatic rings. The molecule has 17 heavy (non-hydrogen) atoms. The molecule has 1 fully saturated rings. The normalized spacial score (nSPS) is 20.5. The number of nitrogens with one attached hydrogen (secondary N) is 1. The van der Waals surface area contributed by atoms with Crippen LogP contribution in [0.25, 0.3) is 0 Å². The van der Waals surface area contributed by atoms with Crippen LogP contribution in [0.3, 0.4) is 0 Å². The van der Waals surface area contributed by atoms with E-state index in [0.717, 1.165) is 31.6 Å². The maximum atomic E-state index is 11.3. The molecule has 1 atom stereocenters. The van der Waals surface area contributed by atoms with Crippen LogP contribution >= 0.6 is 0 Å². The molecule has 1 amide bonds. The molecular weight excluding hydrogens is 218 g/mol. The third-order valence-corrected chi connectivity index (χ3v) is 2.94. The number of pyridine rings is 1. The molecular formula is C12H17N3O2. The summed E-state index contributed by atoms with van der Waals surface area (Å²) < 4.78 is 0. The van der Waals surface area contributed by atoms with Crippen LogP contribution in [0.15, 0.2) is 18.3 Å². The molecule has 2 N–H and O–H groups in total. The summed E-state index contributed by atoms with van der Waals surface area (Å²) in [4.78, 5) is 17.6. The zero-order valence-corrected chi connectivity index (χ0v) is 9.89. The Morgan fingerprint density at radius 1 is 1.65 bits per heavy atom. The SMILES string of the molecule is CNC(=O)c1ccc(CN2CC[C@@H](O)C2)cn1. The zero-order valence-electron chi connectivity index (χ0n) is 9.89. The number of aromatic nitrogens is 1. The highest BCUT2D eigenvalue weighted by Crippen LogP contribution is 2.12. The lowest BCUT2D eigenvalue weighted by Gasteiger charge is -2.14. The Hall–Kier alpha value is -1.46. The predicted octanol–water partition coefficient (Wildman–Crippen LogP) is 0.00780. The van der Waals surface area contributed by atoms with E-state index in [9.17, 15) is 9.90 Å². The standard InChI is InChI=1S/C12H17N3O2/c1-13-12(17)11-3-2-9(6-14-11)7-15-5-4-10(16)8-15/h2-3,6,10,16H,4-5,7-8H2,1H3,(H,13,17)/t10-/m1/s1. The Morgan fingerprint density at radius 3 is 3.00 bits per heavy atom. The molecule has 1 aromatic heterocycles. The summed E-state index contributed by atoms with van der Waals surface area (Å²) >= 11 is 0. The molecule has 0 bridgehead atoms. The van der Waals surface area contributed by atoms with Gasteiger partial charge in [0.15, 0.2) is 0 Å². The number of amides is 1. The minimum atomic E-state index is -0.201. The van der Waals surface area contributed by atoms with E-state index in [1.807, 2.05) is 6.07 Å². The second-order valence-electron chi connectivity index (χ2n) is 4.31. The highest BCUT2D eigenvalue weighted by molar-refractivity contribution is 5.91. The topological polar surface area (TPSA) is 65.5 Å². The van der Waals surface area contributed by atoms with Crippen LogP contribution in [0.5, 0.6) is 0 Å². The van der Waals surface area contributed by atoms with Gasteiger partial charge >= 0.3 is 0 Å². The average molecular weight is 235 g/mol. The number of carbonyl (C=O) groups excluding carboxylic acids is 1. The lowest BCUT2D eigenvalue weighted by Crippen LogP contribution is -2.22. The smallest absolute Gasteiger partial charge is 0.269 e. The first-order valence-corrected chi connectivity index (χ1v) is 5.76. The van der Waals surface area contributed by atoms with E-state index >= 15 is 0 Å². The fourth-order valence-corrected chi connectivity index (χ4v) is 1.99. The van der Waals surface area contributed by atoms with Crippen molar-refractivity contribution in [2.24, 2.45) is 0 Å². The Bertz CT molecular complexity index is 391. The van der Waals surface area contributed by atoms with Crippen molar-refractivity contribution in [1.29, 1.82) is 0 Å². The molecule has 2 heterocycles. The van der Waals surface area contributed by atoms with Gasteiger partial charge in [0.2, 0.25) is 0 Å². The van der Waals surface area contributed by atoms with Crippen molar-refractivity contribution in [2.75, 3.05) is 20.1 Å². The summed E-state index contributed by atoms with van der Waals surface area (Å²) in [5.41, 5.74) is 1.49. The Morgan fingerprint density at radius 2 is 2.47 bits per heavy atom. The van der Waals surface area contributed by atoms with Gasteiger partial charge in [-0.25, -0.2) is 0 Å². The van der Waals surface area contributed by atoms with Gasteiger partial charge in [-0.15, -0.1) is 0 Å². The van der Waals surface area contributed by atoms with E-state index in [1.165, 1.54) is 0 Å². The summed E-state index contributed by atoms with van der Waals surface area (Å²) in [6.45, 7) is 2.41. The van der Waals surface area contributed by atoms with E-state index in [1.54, 1.807) is 19.3 Å². The molecule has 0 radical (unpaired) electrons. The summed E-state index contributed by atoms with van der Waals surface area (Å²) in [6.07, 6.45) is 2.35. The third-order valence-electron chi connectivity index (χ3n) is 2.94. The molecule has 0 aliphatic carbocycles. The predicted molar refractivity (Wildman–Crippen MR) is 63.5 cm³/mol. The molecule has 92 valence electrons. The van der Waals surface area contributed by atoms with Gasteiger partial charge in [-0.1, -0.05) is 6.07 Å². The molecule has 5 nitrogen and oxygen atoms in total. The van der Waals surface area contributed by atoms with Gasteiger partial charge in [0.1, 0.15) is 5.69 Å². The van der Waals surface area contributed by atoms with Gasteiger partial charge in [0.05, 0.1) is 6.10 Å². The average Bonchev–Trinajstić information content (AvgIpc) is 2.75. The minimum Gasteiger partial charge on any atom is -0.392 e. The van der Waals surface area contributed by atoms with Crippen molar-refractivity contribution in [3.05, 3.63) is 29.6 Å². The fraction of sp³-hybridized carbons (Fsp3) is 0.500. The van der Waals surface area contributed by atoms with Crippen molar-refractivity contribution >= 4 is 5.91 Å². The van der Waals surface area contributed by atoms with Crippen LogP contribution in [0.1, 0.15) is 22.5 Å². The number of hydrogen-bond acceptors (Lipinski definition) is 4. The van der Waals surface area contributed by atoms with Gasteiger partial charge < -0.3 is 10.4 Å². The number of nitrogens with zero attached hydrogens (tertiary/aromatic N) is 2. The molecule has 1 saturated heterocycles. The summed E-state index contributed by atoms with van der Waals surface area (Å²) in [5, 5.41) is 12.0. The van der Waals surface area contributed by atoms with E-state index in [0.29, 0.717) is 5.69 Å². The van der Waals surface area contributed by atoms with Gasteiger partial charge in [0, 0.05) is 32.9 Å². The van der Waals surface area contributed by atoms with Crippen LogP contribution in [0.2, 0.25) is 0 Å². The van der Waals surface area contributed by atoms with Crippen molar-refractivity contribution in [2.45, 2.75) is 19.1 Å². The van der Waals surface area contributed by atoms with Crippen molar-refractivity contribution in [1.82, 2.24) is 15.2 Å². The van der Waals surface area contributed by atoms with Crippen molar-refractivity contribution in [3.63, 3.8) is 0 Å². The number of rotatable bonds is 3. The molecule has 2 rings (SSSR count). The maximum Gasteiger partial charge on any atom is 0.269 e. The number of β-amino-alcohol motifs (C(OH)–C–C–N with tert-alkyl or cyclic N) is 1. The Kier molecular flexibility index (Phi) is 3.71. The zero-order chi connectivity index (χ0) is 12.3. The first-order valence-electron chi connectivity index (χ1n) is 5.76. The molecule has 1 aliphatic heterocycles. The second kappa shape index (κ2) is 5.25. The van der Waals surface area contributed by atoms with Crippen LogP contribution < -0.4 is 5.32 Å². The van der Waals surface area contributed by atoms with Gasteiger partial charge in [0.25, 0.3) is 5.91 Å². The maximum absolute atomic E-state index is 11.3. The lowest BCUT2D eigenvalue weighted by atomic mass is 10.2. The monoisotopic (exact) mass is 235 g/mol. The lowest BCUT2D eigenvalue weighted by molar-refractivity contribution is 0.0958. The molecule has 0 aromatic carbocycles. The Balaban J connectivity index is 1.96. The first-order chi connectivity index (χ1) is 8.19. The van der Waals surface area contributed by atoms with Crippen LogP contribution in [-0.4, -0.2) is 47.1 Å². The Labute approximate surface area is 100 Å². The van der Waals surface area contributed by atoms with E-state index in [4.69, 9.17) is 0 Å². The molecule has 5 heteroatoms. The fourth-order valence-electron chi connectivity index (χ4n) is 1.99. The van der Waals surface area contributed by atoms with Gasteiger partial charge in [-0.2, -0.15) is 0 Å². The van der Waals surface area contributed by atoms with E-state index in [2.05, 4.69) is 15.2 Å².